The number of benzene rings is 2. The van der Waals surface area contributed by atoms with Crippen LogP contribution >= 0.6 is 11.3 Å². The zero-order valence-corrected chi connectivity index (χ0v) is 19.5. The minimum Gasteiger partial charge on any atom is -0.467 e. The molecular weight excluding hydrogens is 434 g/mol. The third kappa shape index (κ3) is 5.54. The van der Waals surface area contributed by atoms with E-state index in [0.29, 0.717) is 11.6 Å². The Labute approximate surface area is 198 Å². The van der Waals surface area contributed by atoms with E-state index >= 15 is 0 Å². The van der Waals surface area contributed by atoms with Gasteiger partial charge in [-0.1, -0.05) is 29.5 Å². The van der Waals surface area contributed by atoms with E-state index in [9.17, 15) is 4.79 Å². The monoisotopic (exact) mass is 463 g/mol. The Morgan fingerprint density at radius 2 is 1.58 bits per heavy atom. The molecule has 172 valence electrons. The van der Waals surface area contributed by atoms with E-state index < -0.39 is 0 Å². The van der Waals surface area contributed by atoms with E-state index in [1.54, 1.807) is 17.5 Å². The molecule has 2 aliphatic heterocycles. The highest BCUT2D eigenvalue weighted by Crippen LogP contribution is 2.26. The highest BCUT2D eigenvalue weighted by atomic mass is 32.1. The van der Waals surface area contributed by atoms with E-state index in [-0.39, 0.29) is 12.0 Å². The summed E-state index contributed by atoms with van der Waals surface area (Å²) in [4.78, 5) is 21.8. The average Bonchev–Trinajstić information content (AvgIpc) is 3.38. The minimum atomic E-state index is 0.107. The van der Waals surface area contributed by atoms with Crippen molar-refractivity contribution in [3.63, 3.8) is 0 Å². The maximum Gasteiger partial charge on any atom is 0.273 e. The molecule has 3 aromatic rings. The molecule has 0 saturated carbocycles. The van der Waals surface area contributed by atoms with Gasteiger partial charge >= 0.3 is 0 Å². The molecule has 2 aliphatic rings. The zero-order valence-electron chi connectivity index (χ0n) is 18.6. The van der Waals surface area contributed by atoms with Crippen LogP contribution in [0, 0.1) is 0 Å². The van der Waals surface area contributed by atoms with Crippen LogP contribution in [-0.2, 0) is 0 Å². The van der Waals surface area contributed by atoms with Gasteiger partial charge in [-0.05, 0) is 62.1 Å². The Hall–Kier alpha value is -2.90. The van der Waals surface area contributed by atoms with Crippen LogP contribution in [0.3, 0.4) is 0 Å². The number of amides is 1. The molecule has 2 saturated heterocycles. The molecule has 0 unspecified atom stereocenters. The van der Waals surface area contributed by atoms with Crippen LogP contribution in [0.1, 0.15) is 36.0 Å². The van der Waals surface area contributed by atoms with Crippen LogP contribution in [0.5, 0.6) is 16.7 Å². The van der Waals surface area contributed by atoms with Crippen LogP contribution < -0.4 is 9.47 Å². The number of ether oxygens (including phenoxy) is 2. The second-order valence-corrected chi connectivity index (χ2v) is 9.47. The van der Waals surface area contributed by atoms with Crippen molar-refractivity contribution in [3.05, 3.63) is 71.7 Å². The molecule has 2 aromatic carbocycles. The summed E-state index contributed by atoms with van der Waals surface area (Å²) in [7, 11) is 0. The van der Waals surface area contributed by atoms with E-state index in [1.165, 1.54) is 0 Å². The Kier molecular flexibility index (Phi) is 6.88. The Balaban J connectivity index is 1.08. The van der Waals surface area contributed by atoms with Crippen molar-refractivity contribution in [2.75, 3.05) is 26.2 Å². The number of aromatic nitrogens is 1. The number of carbonyl (C=O) groups is 1. The van der Waals surface area contributed by atoms with Crippen LogP contribution in [0.2, 0.25) is 0 Å². The van der Waals surface area contributed by atoms with Gasteiger partial charge in [-0.25, -0.2) is 4.98 Å². The molecule has 0 spiro atoms. The third-order valence-corrected chi connectivity index (χ3v) is 7.16. The van der Waals surface area contributed by atoms with Gasteiger partial charge in [0.15, 0.2) is 0 Å². The predicted octanol–water partition coefficient (Wildman–Crippen LogP) is 5.08. The van der Waals surface area contributed by atoms with E-state index in [0.717, 1.165) is 68.6 Å². The first-order valence-corrected chi connectivity index (χ1v) is 12.5. The quantitative estimate of drug-likeness (QED) is 0.510. The van der Waals surface area contributed by atoms with Crippen molar-refractivity contribution in [1.82, 2.24) is 14.8 Å². The molecule has 3 heterocycles. The van der Waals surface area contributed by atoms with Crippen LogP contribution in [0.25, 0.3) is 0 Å². The number of thiazole rings is 1. The fourth-order valence-corrected chi connectivity index (χ4v) is 5.23. The van der Waals surface area contributed by atoms with Gasteiger partial charge in [-0.15, -0.1) is 0 Å². The number of hydrogen-bond donors (Lipinski definition) is 0. The first-order chi connectivity index (χ1) is 16.2. The van der Waals surface area contributed by atoms with Crippen molar-refractivity contribution in [2.24, 2.45) is 0 Å². The summed E-state index contributed by atoms with van der Waals surface area (Å²) in [6.45, 7) is 3.72. The maximum absolute atomic E-state index is 13.0. The van der Waals surface area contributed by atoms with E-state index in [1.807, 2.05) is 64.9 Å². The molecule has 2 fully saturated rings. The molecule has 0 radical (unpaired) electrons. The summed E-state index contributed by atoms with van der Waals surface area (Å²) in [6.07, 6.45) is 6.18. The molecule has 0 N–H and O–H groups in total. The Morgan fingerprint density at radius 3 is 2.24 bits per heavy atom. The summed E-state index contributed by atoms with van der Waals surface area (Å²) in [5.41, 5.74) is 0.717. The van der Waals surface area contributed by atoms with Gasteiger partial charge in [0, 0.05) is 49.4 Å². The largest absolute Gasteiger partial charge is 0.467 e. The van der Waals surface area contributed by atoms with Crippen LogP contribution in [0.4, 0.5) is 0 Å². The van der Waals surface area contributed by atoms with Crippen molar-refractivity contribution in [2.45, 2.75) is 37.8 Å². The highest BCUT2D eigenvalue weighted by molar-refractivity contribution is 7.11. The molecule has 5 rings (SSSR count). The lowest BCUT2D eigenvalue weighted by Crippen LogP contribution is -2.50. The number of carbonyl (C=O) groups excluding carboxylic acids is 1. The van der Waals surface area contributed by atoms with Crippen LogP contribution in [0.15, 0.2) is 66.2 Å². The summed E-state index contributed by atoms with van der Waals surface area (Å²) in [6, 6.07) is 17.7. The Bertz CT molecular complexity index is 1010. The molecule has 0 atom stereocenters. The summed E-state index contributed by atoms with van der Waals surface area (Å²) in [5.74, 6) is 1.63. The molecule has 0 bridgehead atoms. The summed E-state index contributed by atoms with van der Waals surface area (Å²) in [5, 5.41) is 2.73. The van der Waals surface area contributed by atoms with Gasteiger partial charge in [0.25, 0.3) is 11.1 Å². The number of hydrogen-bond acceptors (Lipinski definition) is 6. The summed E-state index contributed by atoms with van der Waals surface area (Å²) >= 11 is 1.56. The first-order valence-electron chi connectivity index (χ1n) is 11.7. The lowest BCUT2D eigenvalue weighted by atomic mass is 9.98. The third-order valence-electron chi connectivity index (χ3n) is 6.50. The highest BCUT2D eigenvalue weighted by Gasteiger charge is 2.30. The lowest BCUT2D eigenvalue weighted by Gasteiger charge is -2.41. The van der Waals surface area contributed by atoms with E-state index in [2.05, 4.69) is 9.88 Å². The standard InChI is InChI=1S/C26H29N3O3S/c30-25(20-6-8-23(9-7-20)31-22-4-2-1-3-5-22)29-15-10-21(11-16-29)28-17-12-24(13-18-28)32-26-27-14-19-33-26/h1-9,14,19,21,24H,10-13,15-18H2. The topological polar surface area (TPSA) is 54.9 Å². The first kappa shape index (κ1) is 21.9. The fourth-order valence-electron chi connectivity index (χ4n) is 4.68. The summed E-state index contributed by atoms with van der Waals surface area (Å²) < 4.78 is 11.8. The molecule has 7 heteroatoms. The van der Waals surface area contributed by atoms with Crippen LogP contribution in [-0.4, -0.2) is 59.0 Å². The smallest absolute Gasteiger partial charge is 0.273 e. The molecule has 1 aromatic heterocycles. The number of likely N-dealkylation sites (tertiary alicyclic amines) is 2. The minimum absolute atomic E-state index is 0.107. The van der Waals surface area contributed by atoms with Gasteiger partial charge in [0.2, 0.25) is 0 Å². The molecule has 1 amide bonds. The molecule has 33 heavy (non-hydrogen) atoms. The van der Waals surface area contributed by atoms with Crippen molar-refractivity contribution in [3.8, 4) is 16.7 Å². The van der Waals surface area contributed by atoms with Gasteiger partial charge in [-0.3, -0.25) is 9.69 Å². The zero-order chi connectivity index (χ0) is 22.5. The predicted molar refractivity (Wildman–Crippen MR) is 129 cm³/mol. The number of para-hydroxylation sites is 1. The second kappa shape index (κ2) is 10.4. The average molecular weight is 464 g/mol. The molecule has 0 aliphatic carbocycles. The van der Waals surface area contributed by atoms with Gasteiger partial charge in [-0.2, -0.15) is 0 Å². The normalized spacial score (nSPS) is 18.2. The maximum atomic E-state index is 13.0. The number of piperidine rings is 2. The molecule has 6 nitrogen and oxygen atoms in total. The van der Waals surface area contributed by atoms with Gasteiger partial charge in [0.1, 0.15) is 17.6 Å². The SMILES string of the molecule is O=C(c1ccc(Oc2ccccc2)cc1)N1CCC(N2CCC(Oc3nccs3)CC2)CC1. The van der Waals surface area contributed by atoms with Crippen molar-refractivity contribution >= 4 is 17.2 Å². The van der Waals surface area contributed by atoms with Gasteiger partial charge in [0.05, 0.1) is 0 Å². The molecular formula is C26H29N3O3S. The van der Waals surface area contributed by atoms with Crippen molar-refractivity contribution in [1.29, 1.82) is 0 Å². The fraction of sp³-hybridized carbons (Fsp3) is 0.385. The number of rotatable bonds is 6. The Morgan fingerprint density at radius 1 is 0.879 bits per heavy atom. The lowest BCUT2D eigenvalue weighted by molar-refractivity contribution is 0.0425. The number of nitrogens with zero attached hydrogens (tertiary/aromatic N) is 3. The van der Waals surface area contributed by atoms with Gasteiger partial charge < -0.3 is 14.4 Å². The van der Waals surface area contributed by atoms with E-state index in [4.69, 9.17) is 9.47 Å². The van der Waals surface area contributed by atoms with Crippen molar-refractivity contribution < 1.29 is 14.3 Å². The second-order valence-electron chi connectivity index (χ2n) is 8.61.